The summed E-state index contributed by atoms with van der Waals surface area (Å²) >= 11 is 12.1. The predicted octanol–water partition coefficient (Wildman–Crippen LogP) is 4.15. The summed E-state index contributed by atoms with van der Waals surface area (Å²) in [6.45, 7) is 5.27. The van der Waals surface area contributed by atoms with Crippen molar-refractivity contribution >= 4 is 45.9 Å². The van der Waals surface area contributed by atoms with Crippen molar-refractivity contribution in [3.63, 3.8) is 0 Å². The standard InChI is InChI=1S/C21H19Cl2N7/c1-14-26-20(29-9-7-28(8-10-29)19-6-5-16(23)12-24-19)18-13-25-30(21(18)27-14)17-4-2-3-15(22)11-17/h2-6,11-13H,7-10H2,1H3. The average Bonchev–Trinajstić information content (AvgIpc) is 3.18. The minimum absolute atomic E-state index is 0.646. The van der Waals surface area contributed by atoms with Crippen LogP contribution in [0.3, 0.4) is 0 Å². The van der Waals surface area contributed by atoms with Crippen molar-refractivity contribution in [2.75, 3.05) is 36.0 Å². The predicted molar refractivity (Wildman–Crippen MR) is 120 cm³/mol. The molecule has 0 unspecified atom stereocenters. The van der Waals surface area contributed by atoms with E-state index in [9.17, 15) is 0 Å². The van der Waals surface area contributed by atoms with Gasteiger partial charge in [-0.15, -0.1) is 0 Å². The SMILES string of the molecule is Cc1nc(N2CCN(c3ccc(Cl)cn3)CC2)c2cnn(-c3cccc(Cl)c3)c2n1. The van der Waals surface area contributed by atoms with Crippen LogP contribution in [0.5, 0.6) is 0 Å². The molecule has 0 N–H and O–H groups in total. The van der Waals surface area contributed by atoms with Crippen LogP contribution in [0.25, 0.3) is 16.7 Å². The highest BCUT2D eigenvalue weighted by molar-refractivity contribution is 6.30. The summed E-state index contributed by atoms with van der Waals surface area (Å²) in [6.07, 6.45) is 3.52. The zero-order valence-corrected chi connectivity index (χ0v) is 17.8. The van der Waals surface area contributed by atoms with Gasteiger partial charge in [0, 0.05) is 37.4 Å². The summed E-state index contributed by atoms with van der Waals surface area (Å²) < 4.78 is 1.81. The van der Waals surface area contributed by atoms with E-state index >= 15 is 0 Å². The van der Waals surface area contributed by atoms with Gasteiger partial charge in [0.15, 0.2) is 5.65 Å². The van der Waals surface area contributed by atoms with E-state index < -0.39 is 0 Å². The lowest BCUT2D eigenvalue weighted by Gasteiger charge is -2.36. The van der Waals surface area contributed by atoms with Crippen LogP contribution >= 0.6 is 23.2 Å². The smallest absolute Gasteiger partial charge is 0.168 e. The van der Waals surface area contributed by atoms with Gasteiger partial charge in [0.05, 0.1) is 22.3 Å². The van der Waals surface area contributed by atoms with E-state index in [4.69, 9.17) is 28.2 Å². The first-order valence-corrected chi connectivity index (χ1v) is 10.4. The Hall–Kier alpha value is -2.90. The van der Waals surface area contributed by atoms with Gasteiger partial charge >= 0.3 is 0 Å². The highest BCUT2D eigenvalue weighted by Crippen LogP contribution is 2.28. The fourth-order valence-corrected chi connectivity index (χ4v) is 4.04. The van der Waals surface area contributed by atoms with Crippen molar-refractivity contribution < 1.29 is 0 Å². The topological polar surface area (TPSA) is 63.0 Å². The van der Waals surface area contributed by atoms with Crippen molar-refractivity contribution in [1.29, 1.82) is 0 Å². The first-order chi connectivity index (χ1) is 14.6. The lowest BCUT2D eigenvalue weighted by molar-refractivity contribution is 0.642. The minimum Gasteiger partial charge on any atom is -0.353 e. The van der Waals surface area contributed by atoms with E-state index in [-0.39, 0.29) is 0 Å². The van der Waals surface area contributed by atoms with E-state index in [1.165, 1.54) is 0 Å². The second-order valence-corrected chi connectivity index (χ2v) is 8.05. The maximum absolute atomic E-state index is 6.17. The quantitative estimate of drug-likeness (QED) is 0.477. The number of benzene rings is 1. The molecule has 0 amide bonds. The van der Waals surface area contributed by atoms with Crippen molar-refractivity contribution in [1.82, 2.24) is 24.7 Å². The van der Waals surface area contributed by atoms with Gasteiger partial charge in [0.2, 0.25) is 0 Å². The van der Waals surface area contributed by atoms with Gasteiger partial charge in [0.25, 0.3) is 0 Å². The monoisotopic (exact) mass is 439 g/mol. The van der Waals surface area contributed by atoms with Crippen LogP contribution in [0.1, 0.15) is 5.82 Å². The molecule has 9 heteroatoms. The molecule has 5 rings (SSSR count). The second-order valence-electron chi connectivity index (χ2n) is 7.18. The Balaban J connectivity index is 1.44. The van der Waals surface area contributed by atoms with Gasteiger partial charge in [-0.25, -0.2) is 19.6 Å². The first kappa shape index (κ1) is 19.1. The van der Waals surface area contributed by atoms with Gasteiger partial charge in [-0.1, -0.05) is 29.3 Å². The average molecular weight is 440 g/mol. The Kier molecular flexibility index (Phi) is 4.92. The van der Waals surface area contributed by atoms with Crippen molar-refractivity contribution in [3.8, 4) is 5.69 Å². The van der Waals surface area contributed by atoms with Crippen molar-refractivity contribution in [2.45, 2.75) is 6.92 Å². The van der Waals surface area contributed by atoms with E-state index in [0.717, 1.165) is 54.5 Å². The Bertz CT molecular complexity index is 1200. The fraction of sp³-hybridized carbons (Fsp3) is 0.238. The maximum atomic E-state index is 6.17. The molecule has 0 atom stereocenters. The highest BCUT2D eigenvalue weighted by Gasteiger charge is 2.23. The normalized spacial score (nSPS) is 14.5. The number of rotatable bonds is 3. The van der Waals surface area contributed by atoms with E-state index in [0.29, 0.717) is 15.9 Å². The first-order valence-electron chi connectivity index (χ1n) is 9.68. The van der Waals surface area contributed by atoms with Crippen molar-refractivity contribution in [2.24, 2.45) is 0 Å². The third-order valence-electron chi connectivity index (χ3n) is 5.19. The molecule has 1 aliphatic heterocycles. The molecule has 1 aromatic carbocycles. The number of hydrogen-bond donors (Lipinski definition) is 0. The van der Waals surface area contributed by atoms with Crippen LogP contribution in [0, 0.1) is 6.92 Å². The number of halogens is 2. The molecule has 3 aromatic heterocycles. The number of aromatic nitrogens is 5. The van der Waals surface area contributed by atoms with Crippen molar-refractivity contribution in [3.05, 3.63) is 64.7 Å². The molecule has 0 aliphatic carbocycles. The molecular weight excluding hydrogens is 421 g/mol. The van der Waals surface area contributed by atoms with Gasteiger partial charge in [0.1, 0.15) is 17.5 Å². The minimum atomic E-state index is 0.646. The number of anilines is 2. The lowest BCUT2D eigenvalue weighted by Crippen LogP contribution is -2.47. The highest BCUT2D eigenvalue weighted by atomic mass is 35.5. The summed E-state index contributed by atoms with van der Waals surface area (Å²) in [5.74, 6) is 2.56. The molecule has 1 aliphatic rings. The Morgan fingerprint density at radius 3 is 2.40 bits per heavy atom. The summed E-state index contributed by atoms with van der Waals surface area (Å²) in [4.78, 5) is 18.4. The molecule has 7 nitrogen and oxygen atoms in total. The summed E-state index contributed by atoms with van der Waals surface area (Å²) in [5, 5.41) is 6.81. The van der Waals surface area contributed by atoms with Crippen LogP contribution in [-0.4, -0.2) is 50.9 Å². The Morgan fingerprint density at radius 1 is 0.867 bits per heavy atom. The molecule has 0 bridgehead atoms. The molecular formula is C21H19Cl2N7. The molecule has 4 heterocycles. The van der Waals surface area contributed by atoms with E-state index in [1.807, 2.05) is 54.2 Å². The molecule has 30 heavy (non-hydrogen) atoms. The molecule has 0 radical (unpaired) electrons. The zero-order valence-electron chi connectivity index (χ0n) is 16.3. The molecule has 0 spiro atoms. The number of pyridine rings is 1. The number of hydrogen-bond acceptors (Lipinski definition) is 6. The van der Waals surface area contributed by atoms with Crippen LogP contribution in [0.2, 0.25) is 10.0 Å². The maximum Gasteiger partial charge on any atom is 0.168 e. The number of nitrogens with zero attached hydrogens (tertiary/aromatic N) is 7. The van der Waals surface area contributed by atoms with Gasteiger partial charge in [-0.3, -0.25) is 0 Å². The van der Waals surface area contributed by atoms with Crippen LogP contribution < -0.4 is 9.80 Å². The van der Waals surface area contributed by atoms with Crippen LogP contribution in [-0.2, 0) is 0 Å². The number of piperazine rings is 1. The molecule has 0 saturated carbocycles. The zero-order chi connectivity index (χ0) is 20.7. The molecule has 152 valence electrons. The Labute approximate surface area is 183 Å². The Morgan fingerprint density at radius 2 is 1.67 bits per heavy atom. The van der Waals surface area contributed by atoms with Gasteiger partial charge in [-0.2, -0.15) is 5.10 Å². The summed E-state index contributed by atoms with van der Waals surface area (Å²) in [5.41, 5.74) is 1.65. The second kappa shape index (κ2) is 7.74. The van der Waals surface area contributed by atoms with Crippen LogP contribution in [0.4, 0.5) is 11.6 Å². The van der Waals surface area contributed by atoms with E-state index in [1.54, 1.807) is 6.20 Å². The fourth-order valence-electron chi connectivity index (χ4n) is 3.74. The van der Waals surface area contributed by atoms with Crippen LogP contribution in [0.15, 0.2) is 48.8 Å². The van der Waals surface area contributed by atoms with E-state index in [2.05, 4.69) is 24.9 Å². The number of aryl methyl sites for hydroxylation is 1. The van der Waals surface area contributed by atoms with Gasteiger partial charge in [-0.05, 0) is 37.3 Å². The third kappa shape index (κ3) is 3.55. The molecule has 4 aromatic rings. The lowest BCUT2D eigenvalue weighted by atomic mass is 10.2. The number of fused-ring (bicyclic) bond motifs is 1. The summed E-state index contributed by atoms with van der Waals surface area (Å²) in [7, 11) is 0. The van der Waals surface area contributed by atoms with Gasteiger partial charge < -0.3 is 9.80 Å². The molecule has 1 saturated heterocycles. The third-order valence-corrected chi connectivity index (χ3v) is 5.65. The summed E-state index contributed by atoms with van der Waals surface area (Å²) in [6, 6.07) is 11.4. The largest absolute Gasteiger partial charge is 0.353 e. The molecule has 1 fully saturated rings.